The molecule has 0 heterocycles. The van der Waals surface area contributed by atoms with Crippen LogP contribution in [0.5, 0.6) is 0 Å². The van der Waals surface area contributed by atoms with Gasteiger partial charge in [-0.1, -0.05) is 34.1 Å². The second kappa shape index (κ2) is 11.5. The third kappa shape index (κ3) is 9.68. The summed E-state index contributed by atoms with van der Waals surface area (Å²) in [5.74, 6) is -0.897. The molecule has 28 heavy (non-hydrogen) atoms. The summed E-state index contributed by atoms with van der Waals surface area (Å²) in [5, 5.41) is 40.9. The maximum absolute atomic E-state index is 11.0. The first-order valence-corrected chi connectivity index (χ1v) is 10.7. The van der Waals surface area contributed by atoms with Crippen LogP contribution in [0.25, 0.3) is 0 Å². The highest BCUT2D eigenvalue weighted by Crippen LogP contribution is 2.29. The summed E-state index contributed by atoms with van der Waals surface area (Å²) in [6, 6.07) is -0.204. The third-order valence-electron chi connectivity index (χ3n) is 5.90. The molecular formula is C22H45NO5. The first kappa shape index (κ1) is 27.3. The minimum absolute atomic E-state index is 0.121. The van der Waals surface area contributed by atoms with Crippen LogP contribution in [0.2, 0.25) is 0 Å². The van der Waals surface area contributed by atoms with Gasteiger partial charge in [-0.05, 0) is 65.3 Å². The van der Waals surface area contributed by atoms with Crippen LogP contribution in [0.4, 0.5) is 0 Å². The molecule has 0 aliphatic rings. The molecule has 6 nitrogen and oxygen atoms in total. The summed E-state index contributed by atoms with van der Waals surface area (Å²) in [6.45, 7) is 13.8. The van der Waals surface area contributed by atoms with E-state index >= 15 is 0 Å². The molecule has 0 spiro atoms. The van der Waals surface area contributed by atoms with Gasteiger partial charge in [0.05, 0.1) is 23.2 Å². The van der Waals surface area contributed by atoms with Crippen LogP contribution >= 0.6 is 0 Å². The Morgan fingerprint density at radius 2 is 1.54 bits per heavy atom. The molecule has 2 unspecified atom stereocenters. The standard InChI is InChI=1S/C22H45NO5/c1-9-10-22(7,28)19(24)18(5)23(8)14-16(3)13-21(6,27)12-15(2)11-17(4)20(25)26/h15-19,24,27-28H,9-14H2,1-8H3,(H,25,26)/t15-,16+,17+,18+,19+,21?,22?/m0/s1. The summed E-state index contributed by atoms with van der Waals surface area (Å²) in [5.41, 5.74) is -1.99. The van der Waals surface area contributed by atoms with Crippen LogP contribution in [0.3, 0.4) is 0 Å². The molecule has 0 bridgehead atoms. The van der Waals surface area contributed by atoms with E-state index in [9.17, 15) is 20.1 Å². The van der Waals surface area contributed by atoms with Crippen molar-refractivity contribution in [3.8, 4) is 0 Å². The van der Waals surface area contributed by atoms with E-state index in [0.717, 1.165) is 6.42 Å². The largest absolute Gasteiger partial charge is 0.481 e. The Kier molecular flexibility index (Phi) is 11.2. The van der Waals surface area contributed by atoms with Crippen LogP contribution in [-0.4, -0.2) is 68.2 Å². The van der Waals surface area contributed by atoms with Crippen molar-refractivity contribution in [1.82, 2.24) is 4.90 Å². The summed E-state index contributed by atoms with van der Waals surface area (Å²) in [6.07, 6.45) is 2.21. The van der Waals surface area contributed by atoms with Gasteiger partial charge in [0.2, 0.25) is 0 Å². The fraction of sp³-hybridized carbons (Fsp3) is 0.955. The monoisotopic (exact) mass is 403 g/mol. The fourth-order valence-corrected chi connectivity index (χ4v) is 4.51. The molecule has 0 rings (SSSR count). The number of nitrogens with zero attached hydrogens (tertiary/aromatic N) is 1. The van der Waals surface area contributed by atoms with E-state index in [1.165, 1.54) is 0 Å². The lowest BCUT2D eigenvalue weighted by atomic mass is 9.82. The number of carbonyl (C=O) groups is 1. The molecule has 0 fully saturated rings. The van der Waals surface area contributed by atoms with E-state index in [2.05, 4.69) is 6.92 Å². The van der Waals surface area contributed by atoms with Gasteiger partial charge in [-0.15, -0.1) is 0 Å². The minimum atomic E-state index is -1.12. The molecule has 0 aromatic carbocycles. The van der Waals surface area contributed by atoms with E-state index in [0.29, 0.717) is 32.2 Å². The molecule has 6 heteroatoms. The van der Waals surface area contributed by atoms with E-state index in [4.69, 9.17) is 5.11 Å². The second-order valence-corrected chi connectivity index (χ2v) is 9.82. The van der Waals surface area contributed by atoms with E-state index in [1.54, 1.807) is 13.8 Å². The minimum Gasteiger partial charge on any atom is -0.481 e. The number of aliphatic hydroxyl groups excluding tert-OH is 1. The number of aliphatic hydroxyl groups is 3. The smallest absolute Gasteiger partial charge is 0.306 e. The van der Waals surface area contributed by atoms with E-state index < -0.39 is 29.2 Å². The molecule has 7 atom stereocenters. The van der Waals surface area contributed by atoms with Crippen molar-refractivity contribution in [1.29, 1.82) is 0 Å². The summed E-state index contributed by atoms with van der Waals surface area (Å²) in [4.78, 5) is 13.1. The van der Waals surface area contributed by atoms with Crippen molar-refractivity contribution in [3.63, 3.8) is 0 Å². The van der Waals surface area contributed by atoms with Gasteiger partial charge in [-0.3, -0.25) is 4.79 Å². The molecule has 0 aliphatic heterocycles. The Morgan fingerprint density at radius 3 is 2.00 bits per heavy atom. The lowest BCUT2D eigenvalue weighted by molar-refractivity contribution is -0.141. The molecule has 0 aromatic rings. The molecule has 0 amide bonds. The predicted molar refractivity (Wildman–Crippen MR) is 113 cm³/mol. The SMILES string of the molecule is CCCC(C)(O)[C@H](O)[C@@H](C)N(C)C[C@H](C)CC(C)(O)C[C@@H](C)C[C@@H](C)C(=O)O. The summed E-state index contributed by atoms with van der Waals surface area (Å²) in [7, 11) is 1.93. The molecule has 168 valence electrons. The van der Waals surface area contributed by atoms with Crippen LogP contribution in [0, 0.1) is 17.8 Å². The molecule has 0 aliphatic carbocycles. The predicted octanol–water partition coefficient (Wildman–Crippen LogP) is 3.13. The zero-order valence-corrected chi connectivity index (χ0v) is 19.3. The number of aliphatic carboxylic acids is 1. The van der Waals surface area contributed by atoms with Crippen LogP contribution in [-0.2, 0) is 4.79 Å². The highest BCUT2D eigenvalue weighted by molar-refractivity contribution is 5.69. The quantitative estimate of drug-likeness (QED) is 0.355. The van der Waals surface area contributed by atoms with E-state index in [-0.39, 0.29) is 17.9 Å². The molecule has 0 aromatic heterocycles. The molecule has 4 N–H and O–H groups in total. The van der Waals surface area contributed by atoms with Crippen molar-refractivity contribution < 1.29 is 25.2 Å². The Balaban J connectivity index is 4.68. The lowest BCUT2D eigenvalue weighted by Gasteiger charge is -2.39. The maximum Gasteiger partial charge on any atom is 0.306 e. The van der Waals surface area contributed by atoms with Gasteiger partial charge in [0, 0.05) is 12.6 Å². The lowest BCUT2D eigenvalue weighted by Crippen LogP contribution is -2.52. The third-order valence-corrected chi connectivity index (χ3v) is 5.90. The van der Waals surface area contributed by atoms with Crippen molar-refractivity contribution in [2.24, 2.45) is 17.8 Å². The number of likely N-dealkylation sites (N-methyl/N-ethyl adjacent to an activating group) is 1. The topological polar surface area (TPSA) is 101 Å². The maximum atomic E-state index is 11.0. The van der Waals surface area contributed by atoms with Crippen LogP contribution in [0.1, 0.15) is 80.6 Å². The van der Waals surface area contributed by atoms with Crippen LogP contribution in [0.15, 0.2) is 0 Å². The average molecular weight is 404 g/mol. The molecule has 0 saturated heterocycles. The molecular weight excluding hydrogens is 358 g/mol. The molecule has 0 saturated carbocycles. The van der Waals surface area contributed by atoms with Gasteiger partial charge in [0.1, 0.15) is 0 Å². The zero-order valence-electron chi connectivity index (χ0n) is 19.3. The number of hydrogen-bond donors (Lipinski definition) is 4. The Bertz CT molecular complexity index is 466. The normalized spacial score (nSPS) is 22.0. The highest BCUT2D eigenvalue weighted by atomic mass is 16.4. The number of carboxylic acid groups (broad SMARTS) is 1. The van der Waals surface area contributed by atoms with Gasteiger partial charge in [0.15, 0.2) is 0 Å². The average Bonchev–Trinajstić information content (AvgIpc) is 2.51. The number of carboxylic acids is 1. The van der Waals surface area contributed by atoms with Gasteiger partial charge in [-0.25, -0.2) is 0 Å². The Hall–Kier alpha value is -0.690. The van der Waals surface area contributed by atoms with Crippen molar-refractivity contribution in [3.05, 3.63) is 0 Å². The Labute approximate surface area is 172 Å². The van der Waals surface area contributed by atoms with Gasteiger partial charge < -0.3 is 25.3 Å². The summed E-state index contributed by atoms with van der Waals surface area (Å²) >= 11 is 0. The summed E-state index contributed by atoms with van der Waals surface area (Å²) < 4.78 is 0. The number of hydrogen-bond acceptors (Lipinski definition) is 5. The van der Waals surface area contributed by atoms with Gasteiger partial charge in [0.25, 0.3) is 0 Å². The van der Waals surface area contributed by atoms with E-state index in [1.807, 2.05) is 39.6 Å². The first-order chi connectivity index (χ1) is 12.6. The fourth-order valence-electron chi connectivity index (χ4n) is 4.51. The highest BCUT2D eigenvalue weighted by Gasteiger charge is 2.36. The molecule has 0 radical (unpaired) electrons. The Morgan fingerprint density at radius 1 is 1.04 bits per heavy atom. The van der Waals surface area contributed by atoms with Crippen molar-refractivity contribution >= 4 is 5.97 Å². The van der Waals surface area contributed by atoms with Gasteiger partial charge >= 0.3 is 5.97 Å². The van der Waals surface area contributed by atoms with Crippen LogP contribution < -0.4 is 0 Å². The van der Waals surface area contributed by atoms with Gasteiger partial charge in [-0.2, -0.15) is 0 Å². The zero-order chi connectivity index (χ0) is 22.3. The number of rotatable bonds is 14. The van der Waals surface area contributed by atoms with Crippen molar-refractivity contribution in [2.45, 2.75) is 104 Å². The first-order valence-electron chi connectivity index (χ1n) is 10.7. The second-order valence-electron chi connectivity index (χ2n) is 9.82. The van der Waals surface area contributed by atoms with Crippen molar-refractivity contribution in [2.75, 3.05) is 13.6 Å².